The number of nitro benzene ring substituents is 1. The number of hydrogen-bond donors (Lipinski definition) is 0. The Labute approximate surface area is 133 Å². The van der Waals surface area contributed by atoms with Crippen LogP contribution in [-0.4, -0.2) is 4.92 Å². The van der Waals surface area contributed by atoms with Crippen molar-refractivity contribution >= 4 is 27.2 Å². The topological polar surface area (TPSA) is 43.1 Å². The standard InChI is InChI=1S/C20H13NO2/c22-21(23)16-11-9-14(10-12-16)20-13-15-5-1-2-6-17(15)18-7-3-4-8-19(18)20/h1-13H. The molecule has 0 amide bonds. The van der Waals surface area contributed by atoms with Gasteiger partial charge in [-0.05, 0) is 50.9 Å². The van der Waals surface area contributed by atoms with Crippen molar-refractivity contribution in [1.82, 2.24) is 0 Å². The maximum absolute atomic E-state index is 10.8. The molecule has 0 aliphatic rings. The Bertz CT molecular complexity index is 1040. The van der Waals surface area contributed by atoms with Crippen molar-refractivity contribution in [2.24, 2.45) is 0 Å². The number of hydrogen-bond acceptors (Lipinski definition) is 2. The highest BCUT2D eigenvalue weighted by Gasteiger charge is 2.10. The zero-order valence-electron chi connectivity index (χ0n) is 12.3. The summed E-state index contributed by atoms with van der Waals surface area (Å²) in [7, 11) is 0. The minimum Gasteiger partial charge on any atom is -0.258 e. The highest BCUT2D eigenvalue weighted by atomic mass is 16.6. The van der Waals surface area contributed by atoms with E-state index in [4.69, 9.17) is 0 Å². The molecule has 0 spiro atoms. The normalized spacial score (nSPS) is 11.0. The fourth-order valence-corrected chi connectivity index (χ4v) is 3.06. The second-order valence-corrected chi connectivity index (χ2v) is 5.49. The third-order valence-electron chi connectivity index (χ3n) is 4.16. The second-order valence-electron chi connectivity index (χ2n) is 5.49. The first-order valence-electron chi connectivity index (χ1n) is 7.39. The van der Waals surface area contributed by atoms with Crippen LogP contribution in [0.2, 0.25) is 0 Å². The van der Waals surface area contributed by atoms with E-state index in [2.05, 4.69) is 30.3 Å². The summed E-state index contributed by atoms with van der Waals surface area (Å²) in [5.74, 6) is 0. The van der Waals surface area contributed by atoms with E-state index in [1.165, 1.54) is 16.2 Å². The third kappa shape index (κ3) is 2.23. The van der Waals surface area contributed by atoms with Gasteiger partial charge in [-0.3, -0.25) is 10.1 Å². The molecule has 0 unspecified atom stereocenters. The minimum absolute atomic E-state index is 0.110. The lowest BCUT2D eigenvalue weighted by molar-refractivity contribution is -0.384. The van der Waals surface area contributed by atoms with Gasteiger partial charge in [-0.25, -0.2) is 0 Å². The van der Waals surface area contributed by atoms with E-state index >= 15 is 0 Å². The highest BCUT2D eigenvalue weighted by Crippen LogP contribution is 2.35. The number of rotatable bonds is 2. The molecule has 0 saturated carbocycles. The molecule has 4 aromatic rings. The number of fused-ring (bicyclic) bond motifs is 3. The first-order valence-corrected chi connectivity index (χ1v) is 7.39. The van der Waals surface area contributed by atoms with E-state index in [1.54, 1.807) is 12.1 Å². The molecular formula is C20H13NO2. The van der Waals surface area contributed by atoms with E-state index < -0.39 is 0 Å². The van der Waals surface area contributed by atoms with Crippen LogP contribution in [0.4, 0.5) is 5.69 Å². The van der Waals surface area contributed by atoms with Gasteiger partial charge in [0.1, 0.15) is 0 Å². The van der Waals surface area contributed by atoms with Crippen molar-refractivity contribution in [1.29, 1.82) is 0 Å². The zero-order chi connectivity index (χ0) is 15.8. The molecule has 23 heavy (non-hydrogen) atoms. The van der Waals surface area contributed by atoms with Crippen molar-refractivity contribution in [3.8, 4) is 11.1 Å². The predicted molar refractivity (Wildman–Crippen MR) is 93.5 cm³/mol. The fourth-order valence-electron chi connectivity index (χ4n) is 3.06. The van der Waals surface area contributed by atoms with Crippen molar-refractivity contribution < 1.29 is 4.92 Å². The molecule has 110 valence electrons. The Hall–Kier alpha value is -3.20. The molecule has 0 aliphatic heterocycles. The van der Waals surface area contributed by atoms with Crippen molar-refractivity contribution in [3.63, 3.8) is 0 Å². The summed E-state index contributed by atoms with van der Waals surface area (Å²) in [5, 5.41) is 15.6. The van der Waals surface area contributed by atoms with E-state index in [0.29, 0.717) is 0 Å². The van der Waals surface area contributed by atoms with E-state index in [1.807, 2.05) is 36.4 Å². The molecule has 0 aliphatic carbocycles. The van der Waals surface area contributed by atoms with Gasteiger partial charge in [0.15, 0.2) is 0 Å². The average molecular weight is 299 g/mol. The first-order chi connectivity index (χ1) is 11.2. The Morgan fingerprint density at radius 1 is 0.696 bits per heavy atom. The van der Waals surface area contributed by atoms with Gasteiger partial charge in [0, 0.05) is 12.1 Å². The number of non-ortho nitro benzene ring substituents is 1. The molecule has 0 aromatic heterocycles. The predicted octanol–water partition coefficient (Wildman–Crippen LogP) is 5.57. The highest BCUT2D eigenvalue weighted by molar-refractivity contribution is 6.13. The SMILES string of the molecule is O=[N+]([O-])c1ccc(-c2cc3ccccc3c3ccccc23)cc1. The lowest BCUT2D eigenvalue weighted by Crippen LogP contribution is -1.88. The lowest BCUT2D eigenvalue weighted by Gasteiger charge is -2.10. The first kappa shape index (κ1) is 13.5. The van der Waals surface area contributed by atoms with Gasteiger partial charge in [0.25, 0.3) is 5.69 Å². The van der Waals surface area contributed by atoms with Gasteiger partial charge in [-0.15, -0.1) is 0 Å². The minimum atomic E-state index is -0.373. The van der Waals surface area contributed by atoms with Crippen molar-refractivity contribution in [2.75, 3.05) is 0 Å². The molecule has 0 fully saturated rings. The molecule has 4 rings (SSSR count). The summed E-state index contributed by atoms with van der Waals surface area (Å²) < 4.78 is 0. The van der Waals surface area contributed by atoms with Crippen LogP contribution >= 0.6 is 0 Å². The molecule has 0 bridgehead atoms. The van der Waals surface area contributed by atoms with Gasteiger partial charge >= 0.3 is 0 Å². The van der Waals surface area contributed by atoms with Crippen LogP contribution in [0.25, 0.3) is 32.7 Å². The number of benzene rings is 4. The van der Waals surface area contributed by atoms with Crippen molar-refractivity contribution in [3.05, 3.63) is 89.0 Å². The van der Waals surface area contributed by atoms with Crippen molar-refractivity contribution in [2.45, 2.75) is 0 Å². The molecule has 0 atom stereocenters. The number of nitro groups is 1. The summed E-state index contributed by atoms with van der Waals surface area (Å²) >= 11 is 0. The van der Waals surface area contributed by atoms with Crippen LogP contribution in [0.3, 0.4) is 0 Å². The van der Waals surface area contributed by atoms with Gasteiger partial charge in [0.2, 0.25) is 0 Å². The maximum Gasteiger partial charge on any atom is 0.269 e. The Kier molecular flexibility index (Phi) is 3.05. The monoisotopic (exact) mass is 299 g/mol. The summed E-state index contributed by atoms with van der Waals surface area (Å²) in [6.45, 7) is 0. The van der Waals surface area contributed by atoms with Gasteiger partial charge in [-0.1, -0.05) is 48.5 Å². The number of nitrogens with zero attached hydrogens (tertiary/aromatic N) is 1. The zero-order valence-corrected chi connectivity index (χ0v) is 12.3. The van der Waals surface area contributed by atoms with Gasteiger partial charge in [-0.2, -0.15) is 0 Å². The molecule has 4 aromatic carbocycles. The van der Waals surface area contributed by atoms with Crippen LogP contribution < -0.4 is 0 Å². The molecule has 0 radical (unpaired) electrons. The smallest absolute Gasteiger partial charge is 0.258 e. The third-order valence-corrected chi connectivity index (χ3v) is 4.16. The molecule has 0 saturated heterocycles. The van der Waals surface area contributed by atoms with E-state index in [9.17, 15) is 10.1 Å². The van der Waals surface area contributed by atoms with Crippen LogP contribution in [0.15, 0.2) is 78.9 Å². The Morgan fingerprint density at radius 3 is 2.00 bits per heavy atom. The summed E-state index contributed by atoms with van der Waals surface area (Å²) in [4.78, 5) is 10.5. The summed E-state index contributed by atoms with van der Waals surface area (Å²) in [6.07, 6.45) is 0. The molecule has 3 heteroatoms. The largest absolute Gasteiger partial charge is 0.269 e. The Morgan fingerprint density at radius 2 is 1.30 bits per heavy atom. The quantitative estimate of drug-likeness (QED) is 0.276. The van der Waals surface area contributed by atoms with Crippen LogP contribution in [0, 0.1) is 10.1 Å². The van der Waals surface area contributed by atoms with Crippen LogP contribution in [0.1, 0.15) is 0 Å². The average Bonchev–Trinajstić information content (AvgIpc) is 2.61. The summed E-state index contributed by atoms with van der Waals surface area (Å²) in [5.41, 5.74) is 2.19. The van der Waals surface area contributed by atoms with Crippen LogP contribution in [-0.2, 0) is 0 Å². The van der Waals surface area contributed by atoms with E-state index in [0.717, 1.165) is 16.5 Å². The molecule has 3 nitrogen and oxygen atoms in total. The van der Waals surface area contributed by atoms with Crippen LogP contribution in [0.5, 0.6) is 0 Å². The van der Waals surface area contributed by atoms with Gasteiger partial charge in [0.05, 0.1) is 4.92 Å². The molecule has 0 N–H and O–H groups in total. The van der Waals surface area contributed by atoms with E-state index in [-0.39, 0.29) is 10.6 Å². The lowest BCUT2D eigenvalue weighted by atomic mass is 9.93. The maximum atomic E-state index is 10.8. The fraction of sp³-hybridized carbons (Fsp3) is 0. The second kappa shape index (κ2) is 5.21. The Balaban J connectivity index is 2.03. The summed E-state index contributed by atoms with van der Waals surface area (Å²) in [6, 6.07) is 25.4. The molecule has 0 heterocycles. The molecular weight excluding hydrogens is 286 g/mol. The van der Waals surface area contributed by atoms with Gasteiger partial charge < -0.3 is 0 Å².